The van der Waals surface area contributed by atoms with Crippen LogP contribution < -0.4 is 20.3 Å². The third kappa shape index (κ3) is 6.59. The Bertz CT molecular complexity index is 1410. The zero-order valence-corrected chi connectivity index (χ0v) is 21.8. The minimum atomic E-state index is -0.868. The maximum atomic E-state index is 13.2. The molecule has 0 radical (unpaired) electrons. The fraction of sp³-hybridized carbons (Fsp3) is 0.276. The number of nitrogens with one attached hydrogen (secondary N) is 3. The Hall–Kier alpha value is -4.73. The molecule has 39 heavy (non-hydrogen) atoms. The highest BCUT2D eigenvalue weighted by molar-refractivity contribution is 6.02. The molecule has 0 aliphatic carbocycles. The van der Waals surface area contributed by atoms with Crippen LogP contribution in [0.3, 0.4) is 0 Å². The monoisotopic (exact) mass is 525 g/mol. The molecule has 1 aliphatic rings. The van der Waals surface area contributed by atoms with Crippen molar-refractivity contribution in [1.29, 1.82) is 0 Å². The molecule has 5 rings (SSSR count). The van der Waals surface area contributed by atoms with Crippen molar-refractivity contribution in [3.8, 4) is 5.75 Å². The number of anilines is 2. The van der Waals surface area contributed by atoms with Crippen molar-refractivity contribution in [2.24, 2.45) is 0 Å². The number of fused-ring (bicyclic) bond motifs is 1. The molecular weight excluding hydrogens is 494 g/mol. The standard InChI is InChI=1S/C29H31N7O3/c1-36-23-17-21(11-5-7-15-30-25-12-6-8-16-31-25)13-14-24(23)39-19-22(29(36)38)32-28(37)27-33-26(34-35-27)18-20-9-3-2-4-10-20/h2-4,6,8-10,12-14,16-17,22H,5,7,11,15,18-19H2,1H3,(H,30,31)(H,32,37)(H,33,34,35)/t22-/m0/s1. The molecule has 3 heterocycles. The predicted octanol–water partition coefficient (Wildman–Crippen LogP) is 3.38. The van der Waals surface area contributed by atoms with Crippen LogP contribution in [0.4, 0.5) is 11.5 Å². The minimum absolute atomic E-state index is 0.0156. The van der Waals surface area contributed by atoms with Gasteiger partial charge in [-0.05, 0) is 54.7 Å². The molecule has 0 spiro atoms. The first kappa shape index (κ1) is 25.9. The molecule has 2 aromatic carbocycles. The van der Waals surface area contributed by atoms with Crippen molar-refractivity contribution < 1.29 is 14.3 Å². The zero-order valence-electron chi connectivity index (χ0n) is 21.8. The van der Waals surface area contributed by atoms with E-state index in [1.54, 1.807) is 13.2 Å². The van der Waals surface area contributed by atoms with Crippen LogP contribution in [-0.2, 0) is 17.6 Å². The third-order valence-corrected chi connectivity index (χ3v) is 6.54. The lowest BCUT2D eigenvalue weighted by molar-refractivity contribution is -0.120. The van der Waals surface area contributed by atoms with E-state index in [1.807, 2.05) is 66.7 Å². The number of aromatic nitrogens is 4. The number of H-pyrrole nitrogens is 1. The third-order valence-electron chi connectivity index (χ3n) is 6.54. The molecule has 1 atom stereocenters. The molecule has 10 heteroatoms. The largest absolute Gasteiger partial charge is 0.489 e. The number of benzene rings is 2. The Balaban J connectivity index is 1.15. The summed E-state index contributed by atoms with van der Waals surface area (Å²) >= 11 is 0. The van der Waals surface area contributed by atoms with Gasteiger partial charge in [-0.15, -0.1) is 5.10 Å². The second-order valence-corrected chi connectivity index (χ2v) is 9.40. The summed E-state index contributed by atoms with van der Waals surface area (Å²) in [5.74, 6) is 1.23. The average Bonchev–Trinajstić information content (AvgIpc) is 3.40. The van der Waals surface area contributed by atoms with Gasteiger partial charge in [-0.1, -0.05) is 42.5 Å². The number of hydrogen-bond acceptors (Lipinski definition) is 7. The molecule has 0 fully saturated rings. The maximum absolute atomic E-state index is 13.2. The highest BCUT2D eigenvalue weighted by atomic mass is 16.5. The zero-order chi connectivity index (χ0) is 27.0. The summed E-state index contributed by atoms with van der Waals surface area (Å²) in [5, 5.41) is 12.9. The van der Waals surface area contributed by atoms with Crippen LogP contribution in [0.15, 0.2) is 72.9 Å². The SMILES string of the molecule is CN1C(=O)[C@@H](NC(=O)c2n[nH]c(Cc3ccccc3)n2)COc2ccc(CCCCNc3ccccn3)cc21. The number of hydrogen-bond donors (Lipinski definition) is 3. The van der Waals surface area contributed by atoms with Gasteiger partial charge in [-0.3, -0.25) is 14.7 Å². The van der Waals surface area contributed by atoms with Crippen LogP contribution in [0.5, 0.6) is 5.75 Å². The van der Waals surface area contributed by atoms with Crippen LogP contribution in [0.1, 0.15) is 40.4 Å². The number of aryl methyl sites for hydroxylation is 1. The quantitative estimate of drug-likeness (QED) is 0.271. The molecule has 0 bridgehead atoms. The van der Waals surface area contributed by atoms with E-state index in [4.69, 9.17) is 4.74 Å². The van der Waals surface area contributed by atoms with E-state index in [-0.39, 0.29) is 18.3 Å². The van der Waals surface area contributed by atoms with Gasteiger partial charge in [0.1, 0.15) is 30.0 Å². The Morgan fingerprint density at radius 3 is 2.74 bits per heavy atom. The van der Waals surface area contributed by atoms with Gasteiger partial charge in [-0.25, -0.2) is 9.97 Å². The minimum Gasteiger partial charge on any atom is -0.489 e. The van der Waals surface area contributed by atoms with Crippen molar-refractivity contribution in [3.05, 3.63) is 95.7 Å². The highest BCUT2D eigenvalue weighted by Gasteiger charge is 2.31. The molecule has 3 N–H and O–H groups in total. The number of likely N-dealkylation sites (N-methyl/N-ethyl adjacent to an activating group) is 1. The molecular formula is C29H31N7O3. The predicted molar refractivity (Wildman–Crippen MR) is 148 cm³/mol. The number of carbonyl (C=O) groups excluding carboxylic acids is 2. The molecule has 0 saturated carbocycles. The van der Waals surface area contributed by atoms with Gasteiger partial charge in [0.2, 0.25) is 5.82 Å². The second-order valence-electron chi connectivity index (χ2n) is 9.40. The second kappa shape index (κ2) is 12.2. The van der Waals surface area contributed by atoms with Crippen LogP contribution in [0, 0.1) is 0 Å². The van der Waals surface area contributed by atoms with Crippen molar-refractivity contribution in [3.63, 3.8) is 0 Å². The van der Waals surface area contributed by atoms with Crippen molar-refractivity contribution in [2.45, 2.75) is 31.7 Å². The summed E-state index contributed by atoms with van der Waals surface area (Å²) in [7, 11) is 1.69. The van der Waals surface area contributed by atoms with E-state index in [0.717, 1.165) is 42.8 Å². The Morgan fingerprint density at radius 1 is 1.08 bits per heavy atom. The van der Waals surface area contributed by atoms with E-state index in [9.17, 15) is 9.59 Å². The summed E-state index contributed by atoms with van der Waals surface area (Å²) in [5.41, 5.74) is 2.85. The smallest absolute Gasteiger partial charge is 0.291 e. The van der Waals surface area contributed by atoms with Gasteiger partial charge in [0, 0.05) is 26.2 Å². The van der Waals surface area contributed by atoms with Crippen LogP contribution in [0.25, 0.3) is 0 Å². The summed E-state index contributed by atoms with van der Waals surface area (Å²) in [6, 6.07) is 20.6. The van der Waals surface area contributed by atoms with Crippen molar-refractivity contribution in [1.82, 2.24) is 25.5 Å². The summed E-state index contributed by atoms with van der Waals surface area (Å²) in [6.45, 7) is 0.852. The number of nitrogens with zero attached hydrogens (tertiary/aromatic N) is 4. The first-order valence-corrected chi connectivity index (χ1v) is 13.0. The highest BCUT2D eigenvalue weighted by Crippen LogP contribution is 2.32. The van der Waals surface area contributed by atoms with E-state index in [0.29, 0.717) is 23.7 Å². The lowest BCUT2D eigenvalue weighted by atomic mass is 10.1. The number of rotatable bonds is 10. The van der Waals surface area contributed by atoms with Gasteiger partial charge < -0.3 is 20.3 Å². The van der Waals surface area contributed by atoms with Gasteiger partial charge in [0.25, 0.3) is 11.8 Å². The molecule has 4 aromatic rings. The molecule has 2 amide bonds. The fourth-order valence-electron chi connectivity index (χ4n) is 4.43. The molecule has 2 aromatic heterocycles. The fourth-order valence-corrected chi connectivity index (χ4v) is 4.43. The lowest BCUT2D eigenvalue weighted by Crippen LogP contribution is -2.49. The summed E-state index contributed by atoms with van der Waals surface area (Å²) < 4.78 is 5.93. The van der Waals surface area contributed by atoms with E-state index in [1.165, 1.54) is 4.90 Å². The van der Waals surface area contributed by atoms with E-state index in [2.05, 4.69) is 30.8 Å². The Kier molecular flexibility index (Phi) is 8.11. The van der Waals surface area contributed by atoms with Gasteiger partial charge in [0.05, 0.1) is 5.69 Å². The van der Waals surface area contributed by atoms with Crippen LogP contribution in [0.2, 0.25) is 0 Å². The Labute approximate surface area is 226 Å². The topological polar surface area (TPSA) is 125 Å². The first-order chi connectivity index (χ1) is 19.1. The molecule has 200 valence electrons. The molecule has 0 unspecified atom stereocenters. The normalized spacial score (nSPS) is 14.7. The first-order valence-electron chi connectivity index (χ1n) is 13.0. The van der Waals surface area contributed by atoms with Crippen LogP contribution >= 0.6 is 0 Å². The van der Waals surface area contributed by atoms with Gasteiger partial charge in [-0.2, -0.15) is 0 Å². The van der Waals surface area contributed by atoms with Crippen molar-refractivity contribution in [2.75, 3.05) is 30.4 Å². The number of amides is 2. The van der Waals surface area contributed by atoms with E-state index >= 15 is 0 Å². The summed E-state index contributed by atoms with van der Waals surface area (Å²) in [4.78, 5) is 36.2. The lowest BCUT2D eigenvalue weighted by Gasteiger charge is -2.20. The average molecular weight is 526 g/mol. The van der Waals surface area contributed by atoms with E-state index < -0.39 is 11.9 Å². The number of carbonyl (C=O) groups is 2. The number of pyridine rings is 1. The number of unbranched alkanes of at least 4 members (excludes halogenated alkanes) is 1. The van der Waals surface area contributed by atoms with Crippen molar-refractivity contribution >= 4 is 23.3 Å². The molecule has 0 saturated heterocycles. The van der Waals surface area contributed by atoms with Crippen LogP contribution in [-0.4, -0.2) is 58.2 Å². The number of aromatic amines is 1. The maximum Gasteiger partial charge on any atom is 0.291 e. The Morgan fingerprint density at radius 2 is 1.92 bits per heavy atom. The molecule has 10 nitrogen and oxygen atoms in total. The summed E-state index contributed by atoms with van der Waals surface area (Å²) in [6.07, 6.45) is 5.13. The molecule has 1 aliphatic heterocycles. The number of ether oxygens (including phenoxy) is 1. The van der Waals surface area contributed by atoms with Gasteiger partial charge in [0.15, 0.2) is 0 Å². The van der Waals surface area contributed by atoms with Gasteiger partial charge >= 0.3 is 0 Å².